The van der Waals surface area contributed by atoms with Gasteiger partial charge in [-0.15, -0.1) is 0 Å². The molecular weight excluding hydrogens is 912 g/mol. The number of rotatable bonds is 11. The lowest BCUT2D eigenvalue weighted by atomic mass is 10.1. The zero-order valence-electron chi connectivity index (χ0n) is 39.1. The van der Waals surface area contributed by atoms with Crippen molar-refractivity contribution in [3.63, 3.8) is 0 Å². The van der Waals surface area contributed by atoms with Gasteiger partial charge in [-0.1, -0.05) is 90.9 Å². The van der Waals surface area contributed by atoms with Gasteiger partial charge in [-0.05, 0) is 92.4 Å². The molecule has 0 bridgehead atoms. The van der Waals surface area contributed by atoms with Crippen molar-refractivity contribution in [2.45, 2.75) is 76.7 Å². The summed E-state index contributed by atoms with van der Waals surface area (Å²) in [5.74, 6) is -3.53. The number of aryl methyl sites for hydroxylation is 4. The van der Waals surface area contributed by atoms with Gasteiger partial charge in [0.05, 0.1) is 5.56 Å². The minimum Gasteiger partial charge on any atom is -0.478 e. The average Bonchev–Trinajstić information content (AvgIpc) is 3.18. The minimum atomic E-state index is -1.22. The summed E-state index contributed by atoms with van der Waals surface area (Å²) in [7, 11) is 0. The van der Waals surface area contributed by atoms with E-state index in [1.807, 2.05) is 32.1 Å². The van der Waals surface area contributed by atoms with Crippen molar-refractivity contribution in [1.82, 2.24) is 0 Å². The summed E-state index contributed by atoms with van der Waals surface area (Å²) in [6, 6.07) is 25.1. The molecule has 5 aromatic rings. The van der Waals surface area contributed by atoms with E-state index in [9.17, 15) is 38.4 Å². The Bertz CT molecular complexity index is 2500. The predicted octanol–water partition coefficient (Wildman–Crippen LogP) is 11.1. The van der Waals surface area contributed by atoms with Gasteiger partial charge < -0.3 is 33.5 Å². The molecule has 0 unspecified atom stereocenters. The summed E-state index contributed by atoms with van der Waals surface area (Å²) in [6.45, 7) is 19.4. The fraction of sp³-hybridized carbons (Fsp3) is 0.208. The van der Waals surface area contributed by atoms with Gasteiger partial charge in [-0.3, -0.25) is 33.6 Å². The lowest BCUT2D eigenvalue weighted by Crippen LogP contribution is -2.06. The van der Waals surface area contributed by atoms with E-state index in [-0.39, 0.29) is 41.6 Å². The van der Waals surface area contributed by atoms with Crippen molar-refractivity contribution >= 4 is 76.9 Å². The molecule has 0 heterocycles. The van der Waals surface area contributed by atoms with Gasteiger partial charge in [-0.25, -0.2) is 4.79 Å². The van der Waals surface area contributed by atoms with E-state index in [1.165, 1.54) is 99.7 Å². The van der Waals surface area contributed by atoms with Crippen LogP contribution in [0.2, 0.25) is 0 Å². The molecule has 15 nitrogen and oxygen atoms in total. The molecule has 0 aromatic heterocycles. The molecule has 16 heteroatoms. The molecule has 0 aliphatic heterocycles. The molecule has 0 aliphatic carbocycles. The first kappa shape index (κ1) is 58.8. The lowest BCUT2D eigenvalue weighted by molar-refractivity contribution is -0.133. The Morgan fingerprint density at radius 2 is 0.652 bits per heavy atom. The third-order valence-corrected chi connectivity index (χ3v) is 8.12. The van der Waals surface area contributed by atoms with Crippen molar-refractivity contribution in [2.75, 3.05) is 0 Å². The van der Waals surface area contributed by atoms with Crippen molar-refractivity contribution in [3.05, 3.63) is 148 Å². The summed E-state index contributed by atoms with van der Waals surface area (Å²) in [4.78, 5) is 87.2. The fourth-order valence-corrected chi connectivity index (χ4v) is 5.96. The van der Waals surface area contributed by atoms with E-state index in [0.717, 1.165) is 23.3 Å². The molecule has 0 fully saturated rings. The molecule has 0 radical (unpaired) electrons. The van der Waals surface area contributed by atoms with Gasteiger partial charge in [0.1, 0.15) is 34.5 Å². The highest BCUT2D eigenvalue weighted by molar-refractivity contribution is 6.67. The van der Waals surface area contributed by atoms with Crippen LogP contribution in [0, 0.1) is 27.7 Å². The first-order valence-electron chi connectivity index (χ1n) is 20.3. The van der Waals surface area contributed by atoms with Crippen LogP contribution in [0.5, 0.6) is 34.5 Å². The van der Waals surface area contributed by atoms with Crippen molar-refractivity contribution in [2.24, 2.45) is 0 Å². The van der Waals surface area contributed by atoms with Gasteiger partial charge in [0.25, 0.3) is 5.24 Å². The normalized spacial score (nSPS) is 9.78. The van der Waals surface area contributed by atoms with Gasteiger partial charge in [0.2, 0.25) is 0 Å². The van der Waals surface area contributed by atoms with Crippen LogP contribution in [0.15, 0.2) is 97.6 Å². The number of carbonyl (C=O) groups is 8. The SMILES string of the molecule is C.C=Cc1cc(C)cc(C)c1.CC(=O)Oc1cc(/C=C/c2cc(C)cc(C)c2)cc(OC(C)=O)c1.CC(=O)Oc1cc(OC(C)=O)cc(C(=O)Cl)c1.CC(=O)Oc1cc(OC(C)=O)cc(C(=O)O)c1. The highest BCUT2D eigenvalue weighted by Crippen LogP contribution is 2.27. The van der Waals surface area contributed by atoms with Gasteiger partial charge in [-0.2, -0.15) is 0 Å². The summed E-state index contributed by atoms with van der Waals surface area (Å²) in [5.41, 5.74) is 7.94. The summed E-state index contributed by atoms with van der Waals surface area (Å²) >= 11 is 5.30. The summed E-state index contributed by atoms with van der Waals surface area (Å²) < 4.78 is 29.2. The second-order valence-corrected chi connectivity index (χ2v) is 15.0. The van der Waals surface area contributed by atoms with Crippen molar-refractivity contribution < 1.29 is 71.9 Å². The Morgan fingerprint density at radius 3 is 0.899 bits per heavy atom. The highest BCUT2D eigenvalue weighted by atomic mass is 35.5. The lowest BCUT2D eigenvalue weighted by Gasteiger charge is -2.07. The molecule has 0 saturated carbocycles. The van der Waals surface area contributed by atoms with Crippen LogP contribution in [0.25, 0.3) is 18.2 Å². The molecule has 364 valence electrons. The van der Waals surface area contributed by atoms with Gasteiger partial charge >= 0.3 is 41.8 Å². The molecule has 69 heavy (non-hydrogen) atoms. The van der Waals surface area contributed by atoms with Crippen LogP contribution in [0.3, 0.4) is 0 Å². The number of carboxylic acids is 1. The number of ether oxygens (including phenoxy) is 6. The maximum atomic E-state index is 11.2. The van der Waals surface area contributed by atoms with E-state index in [2.05, 4.69) is 56.8 Å². The van der Waals surface area contributed by atoms with Crippen LogP contribution < -0.4 is 28.4 Å². The maximum absolute atomic E-state index is 11.2. The number of carboxylic acid groups (broad SMARTS) is 1. The molecule has 0 aliphatic rings. The molecule has 0 saturated heterocycles. The van der Waals surface area contributed by atoms with Crippen molar-refractivity contribution in [1.29, 1.82) is 0 Å². The molecule has 1 N–H and O–H groups in total. The van der Waals surface area contributed by atoms with E-state index in [1.54, 1.807) is 12.1 Å². The van der Waals surface area contributed by atoms with Gasteiger partial charge in [0.15, 0.2) is 0 Å². The van der Waals surface area contributed by atoms with Crippen LogP contribution in [-0.4, -0.2) is 52.1 Å². The fourth-order valence-electron chi connectivity index (χ4n) is 5.85. The first-order valence-corrected chi connectivity index (χ1v) is 20.6. The standard InChI is InChI=1S/C20H20O4.C11H9ClO5.C11H10O6.C10H12.CH4/c1-13-7-14(2)9-17(8-13)5-6-18-10-19(23-15(3)21)12-20(11-18)24-16(4)22;1-6(13)16-9-3-8(11(12)15)4-10(5-9)17-7(2)14;1-6(12)16-9-3-8(11(14)15)4-10(5-9)17-7(2)13;1-4-10-6-8(2)5-9(3)7-10;/h5-12H,1-4H3;3-5H,1-2H3;3-5H,1-2H3,(H,14,15);4-7H,1H2,2-3H3;1H4/b6-5+;;;;. The molecule has 5 rings (SSSR count). The Kier molecular flexibility index (Phi) is 24.5. The van der Waals surface area contributed by atoms with Crippen LogP contribution >= 0.6 is 11.6 Å². The third kappa shape index (κ3) is 24.3. The molecular formula is C53H55ClO15. The van der Waals surface area contributed by atoms with E-state index >= 15 is 0 Å². The Labute approximate surface area is 406 Å². The second-order valence-electron chi connectivity index (χ2n) is 14.6. The van der Waals surface area contributed by atoms with Crippen LogP contribution in [0.1, 0.15) is 109 Å². The molecule has 0 amide bonds. The average molecular weight is 967 g/mol. The number of aromatic carboxylic acids is 1. The van der Waals surface area contributed by atoms with E-state index < -0.39 is 47.0 Å². The number of hydrogen-bond donors (Lipinski definition) is 1. The smallest absolute Gasteiger partial charge is 0.335 e. The Hall–Kier alpha value is -8.17. The van der Waals surface area contributed by atoms with E-state index in [4.69, 9.17) is 45.1 Å². The Morgan fingerprint density at radius 1 is 0.406 bits per heavy atom. The number of hydrogen-bond acceptors (Lipinski definition) is 14. The maximum Gasteiger partial charge on any atom is 0.335 e. The number of esters is 6. The van der Waals surface area contributed by atoms with Crippen LogP contribution in [0.4, 0.5) is 0 Å². The largest absolute Gasteiger partial charge is 0.478 e. The topological polar surface area (TPSA) is 212 Å². The minimum absolute atomic E-state index is 0. The molecule has 0 atom stereocenters. The number of halogens is 1. The quantitative estimate of drug-likeness (QED) is 0.0564. The highest BCUT2D eigenvalue weighted by Gasteiger charge is 2.13. The zero-order valence-corrected chi connectivity index (χ0v) is 39.9. The number of benzene rings is 5. The molecule has 0 spiro atoms. The van der Waals surface area contributed by atoms with Crippen LogP contribution in [-0.2, 0) is 28.8 Å². The predicted molar refractivity (Wildman–Crippen MR) is 262 cm³/mol. The summed E-state index contributed by atoms with van der Waals surface area (Å²) in [5, 5.41) is 8.08. The molecule has 5 aromatic carbocycles. The zero-order chi connectivity index (χ0) is 51.2. The second kappa shape index (κ2) is 28.8. The third-order valence-electron chi connectivity index (χ3n) is 7.90. The Balaban J connectivity index is 0.000000476. The number of carbonyl (C=O) groups excluding carboxylic acids is 7. The first-order chi connectivity index (χ1) is 31.8. The monoisotopic (exact) mass is 966 g/mol. The van der Waals surface area contributed by atoms with E-state index in [0.29, 0.717) is 11.5 Å². The summed E-state index contributed by atoms with van der Waals surface area (Å²) in [6.07, 6.45) is 5.72. The van der Waals surface area contributed by atoms with Gasteiger partial charge in [0, 0.05) is 65.3 Å². The van der Waals surface area contributed by atoms with Crippen molar-refractivity contribution in [3.8, 4) is 34.5 Å².